The van der Waals surface area contributed by atoms with Gasteiger partial charge in [-0.25, -0.2) is 9.07 Å². The summed E-state index contributed by atoms with van der Waals surface area (Å²) in [7, 11) is 0. The summed E-state index contributed by atoms with van der Waals surface area (Å²) in [4.78, 5) is 26.3. The Hall–Kier alpha value is -2.54. The van der Waals surface area contributed by atoms with E-state index in [-0.39, 0.29) is 23.8 Å². The van der Waals surface area contributed by atoms with Gasteiger partial charge >= 0.3 is 0 Å². The van der Waals surface area contributed by atoms with Crippen molar-refractivity contribution in [2.45, 2.75) is 19.4 Å². The number of amides is 1. The number of likely N-dealkylation sites (tertiary alicyclic amines) is 1. The van der Waals surface area contributed by atoms with Gasteiger partial charge in [0, 0.05) is 24.7 Å². The monoisotopic (exact) mass is 344 g/mol. The van der Waals surface area contributed by atoms with Crippen LogP contribution in [-0.4, -0.2) is 46.8 Å². The summed E-state index contributed by atoms with van der Waals surface area (Å²) in [5.41, 5.74) is 0.856. The highest BCUT2D eigenvalue weighted by Gasteiger charge is 2.12. The molecule has 2 heterocycles. The highest BCUT2D eigenvalue weighted by atomic mass is 19.1. The summed E-state index contributed by atoms with van der Waals surface area (Å²) in [5.74, 6) is -0.584. The predicted octanol–water partition coefficient (Wildman–Crippen LogP) is 1.26. The number of benzene rings is 1. The number of carbonyl (C=O) groups is 1. The lowest BCUT2D eigenvalue weighted by Crippen LogP contribution is -2.37. The molecular formula is C18H21FN4O2. The molecule has 0 radical (unpaired) electrons. The van der Waals surface area contributed by atoms with Crippen molar-refractivity contribution in [3.8, 4) is 11.3 Å². The molecule has 1 fully saturated rings. The van der Waals surface area contributed by atoms with Gasteiger partial charge in [-0.05, 0) is 56.3 Å². The predicted molar refractivity (Wildman–Crippen MR) is 92.6 cm³/mol. The lowest BCUT2D eigenvalue weighted by Gasteiger charge is -2.14. The van der Waals surface area contributed by atoms with E-state index in [1.54, 1.807) is 18.2 Å². The number of nitrogens with zero attached hydrogens (tertiary/aromatic N) is 3. The van der Waals surface area contributed by atoms with Gasteiger partial charge in [-0.15, -0.1) is 0 Å². The van der Waals surface area contributed by atoms with Crippen molar-refractivity contribution < 1.29 is 9.18 Å². The molecule has 1 aromatic heterocycles. The molecule has 0 aliphatic carbocycles. The fraction of sp³-hybridized carbons (Fsp3) is 0.389. The topological polar surface area (TPSA) is 67.2 Å². The Morgan fingerprint density at radius 3 is 2.56 bits per heavy atom. The molecule has 1 aliphatic heterocycles. The quantitative estimate of drug-likeness (QED) is 0.857. The first-order valence-corrected chi connectivity index (χ1v) is 8.45. The molecule has 25 heavy (non-hydrogen) atoms. The second kappa shape index (κ2) is 8.02. The normalized spacial score (nSPS) is 14.6. The molecule has 1 N–H and O–H groups in total. The van der Waals surface area contributed by atoms with Crippen molar-refractivity contribution in [3.05, 3.63) is 52.6 Å². The Balaban J connectivity index is 1.61. The number of rotatable bonds is 6. The number of halogens is 1. The van der Waals surface area contributed by atoms with Crippen molar-refractivity contribution >= 4 is 5.91 Å². The van der Waals surface area contributed by atoms with Gasteiger partial charge in [-0.3, -0.25) is 9.59 Å². The molecule has 6 nitrogen and oxygen atoms in total. The fourth-order valence-electron chi connectivity index (χ4n) is 2.89. The lowest BCUT2D eigenvalue weighted by molar-refractivity contribution is -0.121. The van der Waals surface area contributed by atoms with E-state index >= 15 is 0 Å². The third-order valence-corrected chi connectivity index (χ3v) is 4.25. The highest BCUT2D eigenvalue weighted by molar-refractivity contribution is 5.75. The number of nitrogens with one attached hydrogen (secondary N) is 1. The Bertz CT molecular complexity index is 782. The Morgan fingerprint density at radius 2 is 1.84 bits per heavy atom. The second-order valence-corrected chi connectivity index (χ2v) is 6.12. The lowest BCUT2D eigenvalue weighted by atomic mass is 10.1. The molecule has 0 bridgehead atoms. The minimum absolute atomic E-state index is 0.131. The van der Waals surface area contributed by atoms with Crippen molar-refractivity contribution in [1.82, 2.24) is 20.0 Å². The maximum atomic E-state index is 13.0. The summed E-state index contributed by atoms with van der Waals surface area (Å²) in [5, 5.41) is 7.03. The van der Waals surface area contributed by atoms with Crippen LogP contribution in [-0.2, 0) is 11.3 Å². The van der Waals surface area contributed by atoms with Crippen molar-refractivity contribution in [3.63, 3.8) is 0 Å². The van der Waals surface area contributed by atoms with Crippen LogP contribution in [0.2, 0.25) is 0 Å². The molecule has 0 unspecified atom stereocenters. The van der Waals surface area contributed by atoms with Gasteiger partial charge in [-0.2, -0.15) is 5.10 Å². The maximum absolute atomic E-state index is 13.0. The number of hydrogen-bond donors (Lipinski definition) is 1. The zero-order chi connectivity index (χ0) is 17.6. The summed E-state index contributed by atoms with van der Waals surface area (Å²) in [6.45, 7) is 3.41. The van der Waals surface area contributed by atoms with Gasteiger partial charge in [0.2, 0.25) is 5.91 Å². The van der Waals surface area contributed by atoms with Gasteiger partial charge in [0.15, 0.2) is 0 Å². The first kappa shape index (κ1) is 17.3. The van der Waals surface area contributed by atoms with E-state index in [1.165, 1.54) is 31.0 Å². The van der Waals surface area contributed by atoms with E-state index in [0.29, 0.717) is 17.8 Å². The Labute approximate surface area is 145 Å². The minimum atomic E-state index is -0.347. The molecule has 1 saturated heterocycles. The number of aromatic nitrogens is 2. The molecule has 0 atom stereocenters. The molecule has 1 aliphatic rings. The van der Waals surface area contributed by atoms with Gasteiger partial charge in [0.1, 0.15) is 12.4 Å². The molecule has 132 valence electrons. The molecule has 1 amide bonds. The van der Waals surface area contributed by atoms with Crippen molar-refractivity contribution in [2.24, 2.45) is 0 Å². The van der Waals surface area contributed by atoms with Gasteiger partial charge < -0.3 is 10.2 Å². The summed E-state index contributed by atoms with van der Waals surface area (Å²) in [6.07, 6.45) is 2.42. The average Bonchev–Trinajstić information content (AvgIpc) is 3.11. The van der Waals surface area contributed by atoms with E-state index in [9.17, 15) is 14.0 Å². The largest absolute Gasteiger partial charge is 0.353 e. The van der Waals surface area contributed by atoms with Crippen LogP contribution in [0.5, 0.6) is 0 Å². The molecule has 3 rings (SSSR count). The van der Waals surface area contributed by atoms with Crippen LogP contribution in [0, 0.1) is 5.82 Å². The summed E-state index contributed by atoms with van der Waals surface area (Å²) in [6, 6.07) is 8.76. The molecule has 0 spiro atoms. The SMILES string of the molecule is O=C(Cn1nc(-c2ccc(F)cc2)ccc1=O)NCCN1CCCC1. The molecular weight excluding hydrogens is 323 g/mol. The number of hydrogen-bond acceptors (Lipinski definition) is 4. The van der Waals surface area contributed by atoms with Crippen LogP contribution < -0.4 is 10.9 Å². The fourth-order valence-corrected chi connectivity index (χ4v) is 2.89. The molecule has 2 aromatic rings. The third-order valence-electron chi connectivity index (χ3n) is 4.25. The van der Waals surface area contributed by atoms with Gasteiger partial charge in [0.05, 0.1) is 5.69 Å². The summed E-state index contributed by atoms with van der Waals surface area (Å²) >= 11 is 0. The van der Waals surface area contributed by atoms with Crippen molar-refractivity contribution in [2.75, 3.05) is 26.2 Å². The highest BCUT2D eigenvalue weighted by Crippen LogP contribution is 2.15. The van der Waals surface area contributed by atoms with Crippen molar-refractivity contribution in [1.29, 1.82) is 0 Å². The first-order chi connectivity index (χ1) is 12.1. The third kappa shape index (κ3) is 4.73. The maximum Gasteiger partial charge on any atom is 0.267 e. The van der Waals surface area contributed by atoms with Crippen LogP contribution >= 0.6 is 0 Å². The first-order valence-electron chi connectivity index (χ1n) is 8.45. The van der Waals surface area contributed by atoms with E-state index in [0.717, 1.165) is 24.3 Å². The smallest absolute Gasteiger partial charge is 0.267 e. The standard InChI is InChI=1S/C18H21FN4O2/c19-15-5-3-14(4-6-15)16-7-8-18(25)23(21-16)13-17(24)20-9-12-22-10-1-2-11-22/h3-8H,1-2,9-13H2,(H,20,24). The van der Waals surface area contributed by atoms with Gasteiger partial charge in [0.25, 0.3) is 5.56 Å². The zero-order valence-corrected chi connectivity index (χ0v) is 13.9. The minimum Gasteiger partial charge on any atom is -0.353 e. The molecule has 7 heteroatoms. The van der Waals surface area contributed by atoms with Crippen LogP contribution in [0.15, 0.2) is 41.2 Å². The second-order valence-electron chi connectivity index (χ2n) is 6.12. The Kier molecular flexibility index (Phi) is 5.55. The van der Waals surface area contributed by atoms with E-state index in [2.05, 4.69) is 15.3 Å². The van der Waals surface area contributed by atoms with E-state index < -0.39 is 0 Å². The molecule has 0 saturated carbocycles. The van der Waals surface area contributed by atoms with Crippen LogP contribution in [0.4, 0.5) is 4.39 Å². The molecule has 1 aromatic carbocycles. The summed E-state index contributed by atoms with van der Waals surface area (Å²) < 4.78 is 14.1. The average molecular weight is 344 g/mol. The van der Waals surface area contributed by atoms with Crippen LogP contribution in [0.3, 0.4) is 0 Å². The van der Waals surface area contributed by atoms with Crippen LogP contribution in [0.25, 0.3) is 11.3 Å². The van der Waals surface area contributed by atoms with Gasteiger partial charge in [-0.1, -0.05) is 0 Å². The van der Waals surface area contributed by atoms with Crippen LogP contribution in [0.1, 0.15) is 12.8 Å². The zero-order valence-electron chi connectivity index (χ0n) is 13.9. The Morgan fingerprint density at radius 1 is 1.12 bits per heavy atom. The van der Waals surface area contributed by atoms with E-state index in [1.807, 2.05) is 0 Å². The van der Waals surface area contributed by atoms with E-state index in [4.69, 9.17) is 0 Å². The number of carbonyl (C=O) groups excluding carboxylic acids is 1.